The van der Waals surface area contributed by atoms with Gasteiger partial charge in [0.1, 0.15) is 11.6 Å². The fourth-order valence-electron chi connectivity index (χ4n) is 2.06. The van der Waals surface area contributed by atoms with Crippen LogP contribution in [0.5, 0.6) is 0 Å². The summed E-state index contributed by atoms with van der Waals surface area (Å²) in [6.45, 7) is 11.5. The first-order valence-corrected chi connectivity index (χ1v) is 7.15. The fraction of sp³-hybridized carbons (Fsp3) is 0.500. The maximum atomic E-state index is 4.71. The molecule has 0 spiro atoms. The SMILES string of the molecule is CCc1nccn1-c1ccc(CNC(C)(C)C)c(C)n1. The Morgan fingerprint density at radius 1 is 1.25 bits per heavy atom. The van der Waals surface area contributed by atoms with Crippen molar-refractivity contribution in [1.82, 2.24) is 19.9 Å². The molecule has 20 heavy (non-hydrogen) atoms. The lowest BCUT2D eigenvalue weighted by molar-refractivity contribution is 0.423. The quantitative estimate of drug-likeness (QED) is 0.930. The van der Waals surface area contributed by atoms with Crippen LogP contribution in [0.15, 0.2) is 24.5 Å². The van der Waals surface area contributed by atoms with Gasteiger partial charge in [-0.25, -0.2) is 9.97 Å². The third kappa shape index (κ3) is 3.45. The van der Waals surface area contributed by atoms with Crippen molar-refractivity contribution >= 4 is 0 Å². The Bertz CT molecular complexity index is 578. The van der Waals surface area contributed by atoms with Crippen molar-refractivity contribution in [2.24, 2.45) is 0 Å². The molecule has 0 aliphatic rings. The van der Waals surface area contributed by atoms with Crippen LogP contribution in [-0.2, 0) is 13.0 Å². The van der Waals surface area contributed by atoms with Gasteiger partial charge in [0.05, 0.1) is 0 Å². The van der Waals surface area contributed by atoms with E-state index in [4.69, 9.17) is 4.98 Å². The Morgan fingerprint density at radius 3 is 2.60 bits per heavy atom. The number of nitrogens with zero attached hydrogens (tertiary/aromatic N) is 3. The van der Waals surface area contributed by atoms with E-state index in [1.165, 1.54) is 5.56 Å². The maximum absolute atomic E-state index is 4.71. The average Bonchev–Trinajstić information content (AvgIpc) is 2.84. The van der Waals surface area contributed by atoms with Gasteiger partial charge in [-0.1, -0.05) is 13.0 Å². The molecular formula is C16H24N4. The lowest BCUT2D eigenvalue weighted by atomic mass is 10.1. The van der Waals surface area contributed by atoms with Gasteiger partial charge in [0.2, 0.25) is 0 Å². The summed E-state index contributed by atoms with van der Waals surface area (Å²) in [6, 6.07) is 4.21. The summed E-state index contributed by atoms with van der Waals surface area (Å²) in [6.07, 6.45) is 4.69. The van der Waals surface area contributed by atoms with Crippen LogP contribution in [0.1, 0.15) is 44.8 Å². The first kappa shape index (κ1) is 14.7. The highest BCUT2D eigenvalue weighted by Crippen LogP contribution is 2.13. The molecule has 108 valence electrons. The number of pyridine rings is 1. The van der Waals surface area contributed by atoms with E-state index in [1.807, 2.05) is 17.0 Å². The summed E-state index contributed by atoms with van der Waals surface area (Å²) in [5.41, 5.74) is 2.42. The topological polar surface area (TPSA) is 42.7 Å². The van der Waals surface area contributed by atoms with Crippen molar-refractivity contribution in [2.45, 2.75) is 53.1 Å². The summed E-state index contributed by atoms with van der Waals surface area (Å²) >= 11 is 0. The largest absolute Gasteiger partial charge is 0.308 e. The summed E-state index contributed by atoms with van der Waals surface area (Å²) in [5, 5.41) is 3.50. The average molecular weight is 272 g/mol. The highest BCUT2D eigenvalue weighted by molar-refractivity contribution is 5.31. The molecule has 2 aromatic rings. The fourth-order valence-corrected chi connectivity index (χ4v) is 2.06. The molecule has 4 nitrogen and oxygen atoms in total. The Balaban J connectivity index is 2.22. The zero-order chi connectivity index (χ0) is 14.8. The molecule has 0 aliphatic carbocycles. The predicted octanol–water partition coefficient (Wildman–Crippen LogP) is 3.03. The zero-order valence-corrected chi connectivity index (χ0v) is 13.1. The van der Waals surface area contributed by atoms with Gasteiger partial charge >= 0.3 is 0 Å². The zero-order valence-electron chi connectivity index (χ0n) is 13.1. The van der Waals surface area contributed by atoms with Crippen molar-refractivity contribution in [2.75, 3.05) is 0 Å². The molecule has 2 aromatic heterocycles. The van der Waals surface area contributed by atoms with Crippen molar-refractivity contribution in [3.8, 4) is 5.82 Å². The molecule has 2 heterocycles. The first-order valence-electron chi connectivity index (χ1n) is 7.15. The third-order valence-electron chi connectivity index (χ3n) is 3.27. The van der Waals surface area contributed by atoms with Crippen LogP contribution < -0.4 is 5.32 Å². The van der Waals surface area contributed by atoms with Gasteiger partial charge in [-0.15, -0.1) is 0 Å². The Morgan fingerprint density at radius 2 is 2.00 bits per heavy atom. The van der Waals surface area contributed by atoms with E-state index in [0.717, 1.165) is 30.3 Å². The van der Waals surface area contributed by atoms with E-state index in [-0.39, 0.29) is 5.54 Å². The number of aromatic nitrogens is 3. The molecule has 0 amide bonds. The lowest BCUT2D eigenvalue weighted by Crippen LogP contribution is -2.35. The molecule has 0 aliphatic heterocycles. The standard InChI is InChI=1S/C16H24N4/c1-6-14-17-9-10-20(14)15-8-7-13(12(2)19-15)11-18-16(3,4)5/h7-10,18H,6,11H2,1-5H3. The molecule has 0 radical (unpaired) electrons. The molecule has 1 N–H and O–H groups in total. The number of hydrogen-bond acceptors (Lipinski definition) is 3. The Kier molecular flexibility index (Phi) is 4.23. The third-order valence-corrected chi connectivity index (χ3v) is 3.27. The van der Waals surface area contributed by atoms with Gasteiger partial charge in [-0.2, -0.15) is 0 Å². The van der Waals surface area contributed by atoms with Crippen LogP contribution in [-0.4, -0.2) is 20.1 Å². The van der Waals surface area contributed by atoms with E-state index in [2.05, 4.69) is 57.1 Å². The van der Waals surface area contributed by atoms with E-state index in [0.29, 0.717) is 0 Å². The van der Waals surface area contributed by atoms with E-state index in [9.17, 15) is 0 Å². The molecular weight excluding hydrogens is 248 g/mol. The number of aryl methyl sites for hydroxylation is 2. The number of hydrogen-bond donors (Lipinski definition) is 1. The molecule has 0 fully saturated rings. The van der Waals surface area contributed by atoms with Crippen LogP contribution in [0, 0.1) is 6.92 Å². The predicted molar refractivity (Wildman–Crippen MR) is 82.1 cm³/mol. The molecule has 0 atom stereocenters. The monoisotopic (exact) mass is 272 g/mol. The molecule has 0 saturated heterocycles. The minimum Gasteiger partial charge on any atom is -0.308 e. The van der Waals surface area contributed by atoms with Crippen molar-refractivity contribution < 1.29 is 0 Å². The minimum absolute atomic E-state index is 0.116. The van der Waals surface area contributed by atoms with E-state index in [1.54, 1.807) is 0 Å². The normalized spacial score (nSPS) is 11.8. The lowest BCUT2D eigenvalue weighted by Gasteiger charge is -2.21. The van der Waals surface area contributed by atoms with Gasteiger partial charge in [0.25, 0.3) is 0 Å². The second-order valence-electron chi connectivity index (χ2n) is 6.08. The molecule has 0 saturated carbocycles. The Labute approximate surface area is 121 Å². The number of rotatable bonds is 4. The maximum Gasteiger partial charge on any atom is 0.138 e. The molecule has 0 bridgehead atoms. The summed E-state index contributed by atoms with van der Waals surface area (Å²) in [4.78, 5) is 9.05. The van der Waals surface area contributed by atoms with Crippen molar-refractivity contribution in [3.05, 3.63) is 41.6 Å². The van der Waals surface area contributed by atoms with Gasteiger partial charge < -0.3 is 5.32 Å². The van der Waals surface area contributed by atoms with Gasteiger partial charge in [0, 0.05) is 36.6 Å². The summed E-state index contributed by atoms with van der Waals surface area (Å²) < 4.78 is 2.05. The number of imidazole rings is 1. The van der Waals surface area contributed by atoms with Crippen molar-refractivity contribution in [3.63, 3.8) is 0 Å². The van der Waals surface area contributed by atoms with Gasteiger partial charge in [0.15, 0.2) is 0 Å². The van der Waals surface area contributed by atoms with E-state index < -0.39 is 0 Å². The highest BCUT2D eigenvalue weighted by Gasteiger charge is 2.11. The van der Waals surface area contributed by atoms with Crippen molar-refractivity contribution in [1.29, 1.82) is 0 Å². The minimum atomic E-state index is 0.116. The van der Waals surface area contributed by atoms with Gasteiger partial charge in [-0.05, 0) is 39.3 Å². The molecule has 0 unspecified atom stereocenters. The Hall–Kier alpha value is -1.68. The van der Waals surface area contributed by atoms with Crippen LogP contribution in [0.3, 0.4) is 0 Å². The highest BCUT2D eigenvalue weighted by atomic mass is 15.1. The van der Waals surface area contributed by atoms with Crippen LogP contribution >= 0.6 is 0 Å². The van der Waals surface area contributed by atoms with Gasteiger partial charge in [-0.3, -0.25) is 4.57 Å². The smallest absolute Gasteiger partial charge is 0.138 e. The second-order valence-corrected chi connectivity index (χ2v) is 6.08. The molecule has 4 heteroatoms. The summed E-state index contributed by atoms with van der Waals surface area (Å²) in [5.74, 6) is 1.98. The number of nitrogens with one attached hydrogen (secondary N) is 1. The molecule has 0 aromatic carbocycles. The van der Waals surface area contributed by atoms with Crippen LogP contribution in [0.4, 0.5) is 0 Å². The second kappa shape index (κ2) is 5.75. The van der Waals surface area contributed by atoms with Crippen LogP contribution in [0.2, 0.25) is 0 Å². The summed E-state index contributed by atoms with van der Waals surface area (Å²) in [7, 11) is 0. The van der Waals surface area contributed by atoms with Crippen LogP contribution in [0.25, 0.3) is 5.82 Å². The first-order chi connectivity index (χ1) is 9.40. The van der Waals surface area contributed by atoms with E-state index >= 15 is 0 Å². The molecule has 2 rings (SSSR count).